The Kier molecular flexibility index (Phi) is 6.03. The highest BCUT2D eigenvalue weighted by atomic mass is 16.2. The molecule has 0 aromatic heterocycles. The molecule has 21 heavy (non-hydrogen) atoms. The van der Waals surface area contributed by atoms with Gasteiger partial charge < -0.3 is 15.1 Å². The number of fused-ring (bicyclic) bond motifs is 1. The first-order valence-electron chi connectivity index (χ1n) is 8.45. The summed E-state index contributed by atoms with van der Waals surface area (Å²) in [5.41, 5.74) is 0. The highest BCUT2D eigenvalue weighted by Crippen LogP contribution is 2.23. The predicted molar refractivity (Wildman–Crippen MR) is 82.9 cm³/mol. The van der Waals surface area contributed by atoms with Gasteiger partial charge in [0, 0.05) is 19.1 Å². The minimum Gasteiger partial charge on any atom is -0.332 e. The Hall–Kier alpha value is -1.10. The number of hydrogen-bond donors (Lipinski definition) is 1. The fraction of sp³-hybridized carbons (Fsp3) is 0.875. The average Bonchev–Trinajstić information content (AvgIpc) is 2.50. The molecular weight excluding hydrogens is 266 g/mol. The van der Waals surface area contributed by atoms with Crippen LogP contribution >= 0.6 is 0 Å². The smallest absolute Gasteiger partial charge is 0.245 e. The van der Waals surface area contributed by atoms with E-state index in [9.17, 15) is 9.59 Å². The second kappa shape index (κ2) is 7.78. The highest BCUT2D eigenvalue weighted by molar-refractivity contribution is 5.95. The molecule has 0 radical (unpaired) electrons. The fourth-order valence-corrected chi connectivity index (χ4v) is 3.30. The van der Waals surface area contributed by atoms with Crippen molar-refractivity contribution < 1.29 is 9.59 Å². The molecule has 0 spiro atoms. The first kappa shape index (κ1) is 16.3. The molecule has 120 valence electrons. The van der Waals surface area contributed by atoms with E-state index in [4.69, 9.17) is 0 Å². The van der Waals surface area contributed by atoms with E-state index < -0.39 is 0 Å². The van der Waals surface area contributed by atoms with Crippen molar-refractivity contribution in [1.82, 2.24) is 15.1 Å². The van der Waals surface area contributed by atoms with Crippen LogP contribution in [-0.2, 0) is 9.59 Å². The van der Waals surface area contributed by atoms with Crippen LogP contribution in [0.25, 0.3) is 0 Å². The van der Waals surface area contributed by atoms with Crippen LogP contribution in [0.4, 0.5) is 0 Å². The van der Waals surface area contributed by atoms with Crippen LogP contribution in [0.15, 0.2) is 0 Å². The van der Waals surface area contributed by atoms with Crippen LogP contribution in [0.3, 0.4) is 0 Å². The molecule has 0 bridgehead atoms. The number of nitrogens with zero attached hydrogens (tertiary/aromatic N) is 2. The third kappa shape index (κ3) is 4.19. The minimum absolute atomic E-state index is 0.136. The van der Waals surface area contributed by atoms with Gasteiger partial charge in [0.15, 0.2) is 0 Å². The number of hydrogen-bond acceptors (Lipinski definition) is 3. The van der Waals surface area contributed by atoms with Crippen LogP contribution in [0.5, 0.6) is 0 Å². The fourth-order valence-electron chi connectivity index (χ4n) is 3.30. The van der Waals surface area contributed by atoms with Crippen molar-refractivity contribution in [2.24, 2.45) is 0 Å². The lowest BCUT2D eigenvalue weighted by atomic mass is 9.98. The first-order chi connectivity index (χ1) is 10.1. The number of nitrogens with one attached hydrogen (secondary N) is 1. The van der Waals surface area contributed by atoms with Crippen LogP contribution in [0, 0.1) is 0 Å². The second-order valence-corrected chi connectivity index (χ2v) is 6.36. The summed E-state index contributed by atoms with van der Waals surface area (Å²) >= 11 is 0. The molecule has 2 heterocycles. The molecule has 2 atom stereocenters. The lowest BCUT2D eigenvalue weighted by Gasteiger charge is -2.42. The predicted octanol–water partition coefficient (Wildman–Crippen LogP) is 1.38. The van der Waals surface area contributed by atoms with Crippen molar-refractivity contribution in [2.75, 3.05) is 26.2 Å². The number of piperazine rings is 1. The Morgan fingerprint density at radius 2 is 2.14 bits per heavy atom. The number of piperidine rings is 1. The van der Waals surface area contributed by atoms with Gasteiger partial charge in [-0.1, -0.05) is 6.92 Å². The summed E-state index contributed by atoms with van der Waals surface area (Å²) in [4.78, 5) is 28.2. The van der Waals surface area contributed by atoms with E-state index in [-0.39, 0.29) is 24.4 Å². The summed E-state index contributed by atoms with van der Waals surface area (Å²) in [6.07, 6.45) is 6.09. The molecule has 2 saturated heterocycles. The minimum atomic E-state index is -0.171. The van der Waals surface area contributed by atoms with Gasteiger partial charge in [-0.15, -0.1) is 0 Å². The summed E-state index contributed by atoms with van der Waals surface area (Å²) in [6.45, 7) is 7.15. The molecular formula is C16H29N3O2. The van der Waals surface area contributed by atoms with Crippen molar-refractivity contribution in [2.45, 2.75) is 64.5 Å². The zero-order chi connectivity index (χ0) is 15.2. The maximum absolute atomic E-state index is 12.5. The summed E-state index contributed by atoms with van der Waals surface area (Å²) in [5, 5.41) is 3.46. The maximum atomic E-state index is 12.5. The van der Waals surface area contributed by atoms with E-state index in [0.717, 1.165) is 51.6 Å². The molecule has 5 nitrogen and oxygen atoms in total. The Bertz CT molecular complexity index is 373. The topological polar surface area (TPSA) is 52.7 Å². The third-order valence-corrected chi connectivity index (χ3v) is 4.55. The van der Waals surface area contributed by atoms with Crippen molar-refractivity contribution >= 4 is 11.8 Å². The van der Waals surface area contributed by atoms with Gasteiger partial charge in [0.1, 0.15) is 6.04 Å². The van der Waals surface area contributed by atoms with Gasteiger partial charge in [0.05, 0.1) is 6.54 Å². The van der Waals surface area contributed by atoms with Gasteiger partial charge >= 0.3 is 0 Å². The van der Waals surface area contributed by atoms with Crippen LogP contribution in [-0.4, -0.2) is 59.9 Å². The molecule has 0 aromatic carbocycles. The molecule has 5 heteroatoms. The zero-order valence-corrected chi connectivity index (χ0v) is 13.4. The van der Waals surface area contributed by atoms with Gasteiger partial charge in [-0.25, -0.2) is 0 Å². The van der Waals surface area contributed by atoms with E-state index in [0.29, 0.717) is 12.6 Å². The number of rotatable bonds is 7. The molecule has 2 unspecified atom stereocenters. The monoisotopic (exact) mass is 295 g/mol. The van der Waals surface area contributed by atoms with E-state index >= 15 is 0 Å². The summed E-state index contributed by atoms with van der Waals surface area (Å²) in [6, 6.07) is 0.308. The number of carbonyl (C=O) groups excluding carboxylic acids is 2. The molecule has 0 aromatic rings. The van der Waals surface area contributed by atoms with E-state index in [1.54, 1.807) is 9.80 Å². The number of amides is 2. The summed E-state index contributed by atoms with van der Waals surface area (Å²) in [7, 11) is 0. The Morgan fingerprint density at radius 1 is 1.33 bits per heavy atom. The molecule has 2 fully saturated rings. The third-order valence-electron chi connectivity index (χ3n) is 4.55. The Labute approximate surface area is 128 Å². The van der Waals surface area contributed by atoms with Crippen LogP contribution in [0.1, 0.15) is 52.4 Å². The molecule has 0 aliphatic carbocycles. The van der Waals surface area contributed by atoms with E-state index in [1.807, 2.05) is 0 Å². The van der Waals surface area contributed by atoms with E-state index in [1.165, 1.54) is 0 Å². The number of carbonyl (C=O) groups is 2. The van der Waals surface area contributed by atoms with Gasteiger partial charge in [-0.2, -0.15) is 0 Å². The quantitative estimate of drug-likeness (QED) is 0.772. The average molecular weight is 295 g/mol. The standard InChI is InChI=1S/C16H29N3O2/c1-3-9-17-13(2)7-6-10-18-12-15(20)19-11-5-4-8-14(19)16(18)21/h13-14,17H,3-12H2,1-2H3. The normalized spacial score (nSPS) is 24.2. The SMILES string of the molecule is CCCNC(C)CCCN1CC(=O)N2CCCCC2C1=O. The van der Waals surface area contributed by atoms with Crippen LogP contribution < -0.4 is 5.32 Å². The molecule has 1 N–H and O–H groups in total. The summed E-state index contributed by atoms with van der Waals surface area (Å²) in [5.74, 6) is 0.305. The zero-order valence-electron chi connectivity index (χ0n) is 13.4. The molecule has 2 rings (SSSR count). The van der Waals surface area contributed by atoms with Crippen molar-refractivity contribution in [3.8, 4) is 0 Å². The molecule has 2 aliphatic rings. The van der Waals surface area contributed by atoms with E-state index in [2.05, 4.69) is 19.2 Å². The first-order valence-corrected chi connectivity index (χ1v) is 8.45. The van der Waals surface area contributed by atoms with Crippen LogP contribution in [0.2, 0.25) is 0 Å². The molecule has 0 saturated carbocycles. The Morgan fingerprint density at radius 3 is 2.90 bits per heavy atom. The van der Waals surface area contributed by atoms with Crippen molar-refractivity contribution in [3.63, 3.8) is 0 Å². The lowest BCUT2D eigenvalue weighted by Crippen LogP contribution is -2.61. The molecule has 2 amide bonds. The maximum Gasteiger partial charge on any atom is 0.245 e. The van der Waals surface area contributed by atoms with Gasteiger partial charge in [0.25, 0.3) is 0 Å². The van der Waals surface area contributed by atoms with Gasteiger partial charge in [-0.05, 0) is 52.0 Å². The lowest BCUT2D eigenvalue weighted by molar-refractivity contribution is -0.157. The summed E-state index contributed by atoms with van der Waals surface area (Å²) < 4.78 is 0. The molecule has 2 aliphatic heterocycles. The van der Waals surface area contributed by atoms with Gasteiger partial charge in [0.2, 0.25) is 11.8 Å². The van der Waals surface area contributed by atoms with Crippen molar-refractivity contribution in [1.29, 1.82) is 0 Å². The van der Waals surface area contributed by atoms with Crippen molar-refractivity contribution in [3.05, 3.63) is 0 Å². The van der Waals surface area contributed by atoms with Gasteiger partial charge in [-0.3, -0.25) is 9.59 Å². The highest BCUT2D eigenvalue weighted by Gasteiger charge is 2.39. The second-order valence-electron chi connectivity index (χ2n) is 6.36. The Balaban J connectivity index is 1.78. The largest absolute Gasteiger partial charge is 0.332 e.